The van der Waals surface area contributed by atoms with Crippen molar-refractivity contribution >= 4 is 11.9 Å². The number of methoxy groups -OCH3 is 1. The van der Waals surface area contributed by atoms with Crippen molar-refractivity contribution in [3.05, 3.63) is 46.8 Å². The lowest BCUT2D eigenvalue weighted by atomic mass is 9.86. The number of carbonyl (C=O) groups excluding carboxylic acids is 2. The molecule has 0 aliphatic heterocycles. The fourth-order valence-electron chi connectivity index (χ4n) is 3.43. The van der Waals surface area contributed by atoms with Gasteiger partial charge in [-0.1, -0.05) is 11.3 Å². The third-order valence-corrected chi connectivity index (χ3v) is 5.13. The molecule has 1 heterocycles. The zero-order chi connectivity index (χ0) is 20.3. The number of carbonyl (C=O) groups is 2. The highest BCUT2D eigenvalue weighted by molar-refractivity contribution is 5.93. The minimum Gasteiger partial charge on any atom is -0.469 e. The number of amides is 1. The topological polar surface area (TPSA) is 86.1 Å². The highest BCUT2D eigenvalue weighted by Gasteiger charge is 2.28. The van der Waals surface area contributed by atoms with Crippen molar-refractivity contribution in [1.29, 1.82) is 0 Å². The van der Waals surface area contributed by atoms with Crippen LogP contribution >= 0.6 is 0 Å². The number of ether oxygens (including phenoxy) is 1. The van der Waals surface area contributed by atoms with Crippen molar-refractivity contribution in [1.82, 2.24) is 20.3 Å². The maximum absolute atomic E-state index is 13.8. The van der Waals surface area contributed by atoms with Gasteiger partial charge in [0.2, 0.25) is 0 Å². The van der Waals surface area contributed by atoms with E-state index in [1.54, 1.807) is 6.92 Å². The van der Waals surface area contributed by atoms with E-state index in [1.165, 1.54) is 23.9 Å². The van der Waals surface area contributed by atoms with E-state index < -0.39 is 11.6 Å². The van der Waals surface area contributed by atoms with E-state index in [2.05, 4.69) is 15.6 Å². The molecule has 0 atom stereocenters. The summed E-state index contributed by atoms with van der Waals surface area (Å²) in [5, 5.41) is 10.7. The smallest absolute Gasteiger partial charge is 0.308 e. The molecule has 1 aliphatic rings. The molecule has 9 heteroatoms. The van der Waals surface area contributed by atoms with Crippen LogP contribution in [0, 0.1) is 24.5 Å². The van der Waals surface area contributed by atoms with Crippen LogP contribution in [0.1, 0.15) is 47.4 Å². The molecule has 1 amide bonds. The number of hydrogen-bond donors (Lipinski definition) is 1. The predicted octanol–water partition coefficient (Wildman–Crippen LogP) is 2.37. The Bertz CT molecular complexity index is 876. The molecule has 1 saturated carbocycles. The van der Waals surface area contributed by atoms with Gasteiger partial charge in [-0.05, 0) is 38.7 Å². The van der Waals surface area contributed by atoms with Gasteiger partial charge in [-0.15, -0.1) is 5.10 Å². The molecule has 28 heavy (non-hydrogen) atoms. The molecule has 7 nitrogen and oxygen atoms in total. The summed E-state index contributed by atoms with van der Waals surface area (Å²) in [6.07, 6.45) is 2.68. The molecule has 150 valence electrons. The van der Waals surface area contributed by atoms with Gasteiger partial charge in [0.05, 0.1) is 25.3 Å². The van der Waals surface area contributed by atoms with Gasteiger partial charge in [0.1, 0.15) is 11.6 Å². The molecule has 0 spiro atoms. The minimum atomic E-state index is -0.678. The van der Waals surface area contributed by atoms with Gasteiger partial charge in [-0.2, -0.15) is 0 Å². The Morgan fingerprint density at radius 2 is 1.96 bits per heavy atom. The van der Waals surface area contributed by atoms with Crippen molar-refractivity contribution < 1.29 is 23.1 Å². The second-order valence-electron chi connectivity index (χ2n) is 6.96. The van der Waals surface area contributed by atoms with Gasteiger partial charge in [-0.3, -0.25) is 9.59 Å². The number of nitrogens with one attached hydrogen (secondary N) is 1. The molecule has 1 aromatic heterocycles. The van der Waals surface area contributed by atoms with Crippen molar-refractivity contribution in [2.45, 2.75) is 45.2 Å². The lowest BCUT2D eigenvalue weighted by molar-refractivity contribution is -0.146. The first-order valence-corrected chi connectivity index (χ1v) is 9.11. The average Bonchev–Trinajstić information content (AvgIpc) is 3.04. The number of esters is 1. The van der Waals surface area contributed by atoms with Crippen LogP contribution in [-0.2, 0) is 16.1 Å². The Kier molecular flexibility index (Phi) is 6.01. The molecule has 0 saturated heterocycles. The maximum atomic E-state index is 13.8. The van der Waals surface area contributed by atoms with Gasteiger partial charge in [-0.25, -0.2) is 13.5 Å². The zero-order valence-electron chi connectivity index (χ0n) is 15.7. The predicted molar refractivity (Wildman–Crippen MR) is 95.4 cm³/mol. The van der Waals surface area contributed by atoms with Crippen LogP contribution in [-0.4, -0.2) is 40.0 Å². The van der Waals surface area contributed by atoms with E-state index in [4.69, 9.17) is 4.74 Å². The number of rotatable bonds is 5. The summed E-state index contributed by atoms with van der Waals surface area (Å²) in [6.45, 7) is 1.72. The van der Waals surface area contributed by atoms with Crippen molar-refractivity contribution in [2.24, 2.45) is 5.92 Å². The molecular formula is C19H22F2N4O3. The molecule has 0 radical (unpaired) electrons. The Morgan fingerprint density at radius 1 is 1.25 bits per heavy atom. The summed E-state index contributed by atoms with van der Waals surface area (Å²) in [7, 11) is 1.38. The number of benzene rings is 1. The summed E-state index contributed by atoms with van der Waals surface area (Å²) in [4.78, 5) is 24.1. The fraction of sp³-hybridized carbons (Fsp3) is 0.474. The summed E-state index contributed by atoms with van der Waals surface area (Å²) in [5.41, 5.74) is 0.907. The van der Waals surface area contributed by atoms with E-state index in [9.17, 15) is 18.4 Å². The summed E-state index contributed by atoms with van der Waals surface area (Å²) in [6, 6.07) is 3.27. The monoisotopic (exact) mass is 392 g/mol. The second-order valence-corrected chi connectivity index (χ2v) is 6.96. The second kappa shape index (κ2) is 8.45. The van der Waals surface area contributed by atoms with Gasteiger partial charge in [0.15, 0.2) is 5.69 Å². The largest absolute Gasteiger partial charge is 0.469 e. The first-order valence-electron chi connectivity index (χ1n) is 9.11. The van der Waals surface area contributed by atoms with Crippen molar-refractivity contribution in [3.8, 4) is 0 Å². The van der Waals surface area contributed by atoms with E-state index in [0.717, 1.165) is 6.07 Å². The van der Waals surface area contributed by atoms with Crippen LogP contribution in [0.15, 0.2) is 18.2 Å². The quantitative estimate of drug-likeness (QED) is 0.790. The van der Waals surface area contributed by atoms with Gasteiger partial charge < -0.3 is 10.1 Å². The Hall–Kier alpha value is -2.84. The zero-order valence-corrected chi connectivity index (χ0v) is 15.7. The Morgan fingerprint density at radius 3 is 2.61 bits per heavy atom. The molecule has 0 unspecified atom stereocenters. The highest BCUT2D eigenvalue weighted by atomic mass is 19.1. The minimum absolute atomic E-state index is 0.0441. The maximum Gasteiger partial charge on any atom is 0.308 e. The molecular weight excluding hydrogens is 370 g/mol. The Balaban J connectivity index is 1.62. The van der Waals surface area contributed by atoms with E-state index in [0.29, 0.717) is 31.4 Å². The lowest BCUT2D eigenvalue weighted by Gasteiger charge is -2.27. The van der Waals surface area contributed by atoms with Crippen LogP contribution in [0.2, 0.25) is 0 Å². The summed E-state index contributed by atoms with van der Waals surface area (Å²) >= 11 is 0. The molecule has 1 N–H and O–H groups in total. The standard InChI is InChI=1S/C19H22F2N4O3/c1-11-17(18(26)22-15-7-4-12(5-8-15)19(27)28-2)23-24-25(11)10-13-3-6-14(20)9-16(13)21/h3,6,9,12,15H,4-5,7-8,10H2,1-2H3,(H,22,26). The number of nitrogens with zero attached hydrogens (tertiary/aromatic N) is 3. The molecule has 0 bridgehead atoms. The molecule has 1 aromatic carbocycles. The molecule has 2 aromatic rings. The van der Waals surface area contributed by atoms with Gasteiger partial charge >= 0.3 is 5.97 Å². The normalized spacial score (nSPS) is 19.3. The summed E-state index contributed by atoms with van der Waals surface area (Å²) < 4.78 is 33.0. The molecule has 3 rings (SSSR count). The Labute approximate surface area is 161 Å². The van der Waals surface area contributed by atoms with Crippen LogP contribution in [0.25, 0.3) is 0 Å². The third-order valence-electron chi connectivity index (χ3n) is 5.13. The molecule has 1 fully saturated rings. The first kappa shape index (κ1) is 19.9. The van der Waals surface area contributed by atoms with Crippen molar-refractivity contribution in [3.63, 3.8) is 0 Å². The fourth-order valence-corrected chi connectivity index (χ4v) is 3.43. The summed E-state index contributed by atoms with van der Waals surface area (Å²) in [5.74, 6) is -2.02. The number of aromatic nitrogens is 3. The number of hydrogen-bond acceptors (Lipinski definition) is 5. The van der Waals surface area contributed by atoms with Crippen LogP contribution < -0.4 is 5.32 Å². The first-order chi connectivity index (χ1) is 13.4. The van der Waals surface area contributed by atoms with Crippen LogP contribution in [0.5, 0.6) is 0 Å². The highest BCUT2D eigenvalue weighted by Crippen LogP contribution is 2.25. The third kappa shape index (κ3) is 4.35. The average molecular weight is 392 g/mol. The van der Waals surface area contributed by atoms with E-state index in [-0.39, 0.29) is 41.6 Å². The van der Waals surface area contributed by atoms with E-state index in [1.807, 2.05) is 0 Å². The van der Waals surface area contributed by atoms with Crippen LogP contribution in [0.3, 0.4) is 0 Å². The van der Waals surface area contributed by atoms with E-state index >= 15 is 0 Å². The lowest BCUT2D eigenvalue weighted by Crippen LogP contribution is -2.39. The number of halogens is 2. The van der Waals surface area contributed by atoms with Gasteiger partial charge in [0.25, 0.3) is 5.91 Å². The van der Waals surface area contributed by atoms with Crippen molar-refractivity contribution in [2.75, 3.05) is 7.11 Å². The molecule has 1 aliphatic carbocycles. The van der Waals surface area contributed by atoms with Crippen LogP contribution in [0.4, 0.5) is 8.78 Å². The van der Waals surface area contributed by atoms with Gasteiger partial charge in [0, 0.05) is 17.7 Å². The SMILES string of the molecule is COC(=O)C1CCC(NC(=O)c2nnn(Cc3ccc(F)cc3F)c2C)CC1.